The topological polar surface area (TPSA) is 56.4 Å². The number of benzene rings is 2. The lowest BCUT2D eigenvalue weighted by molar-refractivity contribution is 0.102. The summed E-state index contributed by atoms with van der Waals surface area (Å²) in [7, 11) is 0. The number of aromatic amines is 1. The molecule has 6 heteroatoms. The Labute approximate surface area is 141 Å². The Morgan fingerprint density at radius 2 is 1.87 bits per heavy atom. The summed E-state index contributed by atoms with van der Waals surface area (Å²) in [6, 6.07) is 12.0. The molecule has 0 amide bonds. The van der Waals surface area contributed by atoms with Crippen LogP contribution in [0.2, 0.25) is 0 Å². The van der Waals surface area contributed by atoms with Gasteiger partial charge in [-0.25, -0.2) is 4.98 Å². The molecular weight excluding hydrogens is 360 g/mol. The smallest absolute Gasteiger partial charge is 0.190 e. The maximum absolute atomic E-state index is 5.73. The van der Waals surface area contributed by atoms with Crippen LogP contribution >= 0.6 is 15.9 Å². The van der Waals surface area contributed by atoms with Crippen LogP contribution in [-0.2, 0) is 18.0 Å². The van der Waals surface area contributed by atoms with Crippen LogP contribution in [0.15, 0.2) is 40.9 Å². The van der Waals surface area contributed by atoms with Crippen LogP contribution in [0.4, 0.5) is 0 Å². The molecule has 3 aromatic rings. The zero-order valence-corrected chi connectivity index (χ0v) is 13.9. The number of nitrogens with one attached hydrogen (secondary N) is 1. The van der Waals surface area contributed by atoms with Crippen molar-refractivity contribution in [3.05, 3.63) is 52.3 Å². The zero-order valence-electron chi connectivity index (χ0n) is 12.3. The number of rotatable bonds is 4. The molecule has 1 N–H and O–H groups in total. The van der Waals surface area contributed by atoms with Crippen LogP contribution < -0.4 is 9.47 Å². The van der Waals surface area contributed by atoms with Gasteiger partial charge in [0.1, 0.15) is 31.2 Å². The number of hydrogen-bond donors (Lipinski definition) is 1. The number of imidazole rings is 1. The number of fused-ring (bicyclic) bond motifs is 3. The number of H-pyrrole nitrogens is 1. The molecule has 1 aliphatic rings. The molecule has 1 aliphatic heterocycles. The van der Waals surface area contributed by atoms with Gasteiger partial charge in [0.2, 0.25) is 0 Å². The van der Waals surface area contributed by atoms with Crippen LogP contribution in [0.25, 0.3) is 11.0 Å². The lowest BCUT2D eigenvalue weighted by atomic mass is 10.2. The third-order valence-corrected chi connectivity index (χ3v) is 4.21. The van der Waals surface area contributed by atoms with E-state index in [1.807, 2.05) is 36.4 Å². The minimum absolute atomic E-state index is 0.414. The van der Waals surface area contributed by atoms with E-state index in [1.54, 1.807) is 0 Å². The third-order valence-electron chi connectivity index (χ3n) is 3.62. The number of ether oxygens (including phenoxy) is 3. The normalized spacial score (nSPS) is 13.4. The van der Waals surface area contributed by atoms with Gasteiger partial charge in [-0.05, 0) is 27.6 Å². The molecule has 0 unspecified atom stereocenters. The van der Waals surface area contributed by atoms with E-state index in [2.05, 4.69) is 25.9 Å². The molecule has 118 valence electrons. The molecule has 2 aromatic carbocycles. The van der Waals surface area contributed by atoms with Crippen molar-refractivity contribution in [2.75, 3.05) is 13.2 Å². The standard InChI is InChI=1S/C17H15BrN2O3/c18-12-8-13-15(17-16(12)22-6-7-23-17)20-14(19-13)10-21-9-11-4-2-1-3-5-11/h1-5,8H,6-7,9-10H2,(H,19,20). The molecule has 4 rings (SSSR count). The average molecular weight is 375 g/mol. The highest BCUT2D eigenvalue weighted by Crippen LogP contribution is 2.42. The fraction of sp³-hybridized carbons (Fsp3) is 0.235. The largest absolute Gasteiger partial charge is 0.485 e. The Hall–Kier alpha value is -2.05. The zero-order chi connectivity index (χ0) is 15.6. The van der Waals surface area contributed by atoms with Crippen LogP contribution in [0, 0.1) is 0 Å². The van der Waals surface area contributed by atoms with Crippen molar-refractivity contribution in [3.63, 3.8) is 0 Å². The predicted octanol–water partition coefficient (Wildman–Crippen LogP) is 3.81. The van der Waals surface area contributed by atoms with Gasteiger partial charge in [-0.15, -0.1) is 0 Å². The second-order valence-electron chi connectivity index (χ2n) is 5.27. The summed E-state index contributed by atoms with van der Waals surface area (Å²) in [6.07, 6.45) is 0. The number of aromatic nitrogens is 2. The van der Waals surface area contributed by atoms with Crippen LogP contribution in [0.5, 0.6) is 11.5 Å². The number of halogens is 1. The van der Waals surface area contributed by atoms with E-state index in [0.29, 0.717) is 37.9 Å². The first-order valence-corrected chi connectivity index (χ1v) is 8.19. The van der Waals surface area contributed by atoms with Crippen molar-refractivity contribution in [2.45, 2.75) is 13.2 Å². The minimum atomic E-state index is 0.414. The quantitative estimate of drug-likeness (QED) is 0.754. The van der Waals surface area contributed by atoms with E-state index in [1.165, 1.54) is 0 Å². The summed E-state index contributed by atoms with van der Waals surface area (Å²) >= 11 is 3.51. The fourth-order valence-electron chi connectivity index (χ4n) is 2.59. The molecular formula is C17H15BrN2O3. The van der Waals surface area contributed by atoms with Crippen molar-refractivity contribution in [2.24, 2.45) is 0 Å². The van der Waals surface area contributed by atoms with E-state index in [4.69, 9.17) is 14.2 Å². The van der Waals surface area contributed by atoms with E-state index < -0.39 is 0 Å². The predicted molar refractivity (Wildman–Crippen MR) is 89.7 cm³/mol. The van der Waals surface area contributed by atoms with Gasteiger partial charge in [0.15, 0.2) is 11.5 Å². The van der Waals surface area contributed by atoms with Gasteiger partial charge in [0.25, 0.3) is 0 Å². The summed E-state index contributed by atoms with van der Waals surface area (Å²) in [4.78, 5) is 7.86. The van der Waals surface area contributed by atoms with Gasteiger partial charge in [-0.2, -0.15) is 0 Å². The van der Waals surface area contributed by atoms with Crippen molar-refractivity contribution in [1.82, 2.24) is 9.97 Å². The molecule has 0 saturated carbocycles. The highest BCUT2D eigenvalue weighted by molar-refractivity contribution is 9.10. The van der Waals surface area contributed by atoms with Crippen LogP contribution in [0.3, 0.4) is 0 Å². The molecule has 1 aromatic heterocycles. The van der Waals surface area contributed by atoms with Gasteiger partial charge in [0, 0.05) is 0 Å². The molecule has 2 heterocycles. The molecule has 0 aliphatic carbocycles. The summed E-state index contributed by atoms with van der Waals surface area (Å²) in [5.41, 5.74) is 2.82. The first-order chi connectivity index (χ1) is 11.3. The van der Waals surface area contributed by atoms with Crippen molar-refractivity contribution >= 4 is 27.0 Å². The maximum atomic E-state index is 5.73. The third kappa shape index (κ3) is 2.92. The first kappa shape index (κ1) is 14.5. The van der Waals surface area contributed by atoms with E-state index in [9.17, 15) is 0 Å². The fourth-order valence-corrected chi connectivity index (χ4v) is 3.11. The SMILES string of the molecule is Brc1cc2[nH]c(COCc3ccccc3)nc2c2c1OCCO2. The number of nitrogens with zero attached hydrogens (tertiary/aromatic N) is 1. The van der Waals surface area contributed by atoms with Gasteiger partial charge in [-0.1, -0.05) is 30.3 Å². The Morgan fingerprint density at radius 3 is 2.70 bits per heavy atom. The van der Waals surface area contributed by atoms with Gasteiger partial charge in [0.05, 0.1) is 16.6 Å². The molecule has 0 bridgehead atoms. The van der Waals surface area contributed by atoms with Crippen molar-refractivity contribution in [1.29, 1.82) is 0 Å². The molecule has 0 saturated heterocycles. The van der Waals surface area contributed by atoms with Gasteiger partial charge in [-0.3, -0.25) is 0 Å². The Bertz CT molecular complexity index is 833. The first-order valence-electron chi connectivity index (χ1n) is 7.39. The molecule has 5 nitrogen and oxygen atoms in total. The monoisotopic (exact) mass is 374 g/mol. The van der Waals surface area contributed by atoms with Crippen molar-refractivity contribution in [3.8, 4) is 11.5 Å². The van der Waals surface area contributed by atoms with Crippen molar-refractivity contribution < 1.29 is 14.2 Å². The summed E-state index contributed by atoms with van der Waals surface area (Å²) in [6.45, 7) is 2.05. The Kier molecular flexibility index (Phi) is 3.93. The maximum Gasteiger partial charge on any atom is 0.190 e. The molecule has 0 fully saturated rings. The van der Waals surface area contributed by atoms with Crippen LogP contribution in [0.1, 0.15) is 11.4 Å². The summed E-state index contributed by atoms with van der Waals surface area (Å²) in [5.74, 6) is 2.17. The summed E-state index contributed by atoms with van der Waals surface area (Å²) in [5, 5.41) is 0. The van der Waals surface area contributed by atoms with E-state index in [-0.39, 0.29) is 0 Å². The van der Waals surface area contributed by atoms with Crippen LogP contribution in [-0.4, -0.2) is 23.2 Å². The van der Waals surface area contributed by atoms with E-state index >= 15 is 0 Å². The highest BCUT2D eigenvalue weighted by atomic mass is 79.9. The average Bonchev–Trinajstić information content (AvgIpc) is 2.99. The lowest BCUT2D eigenvalue weighted by Gasteiger charge is -2.19. The van der Waals surface area contributed by atoms with Gasteiger partial charge >= 0.3 is 0 Å². The lowest BCUT2D eigenvalue weighted by Crippen LogP contribution is -2.16. The Balaban J connectivity index is 1.55. The number of hydrogen-bond acceptors (Lipinski definition) is 4. The van der Waals surface area contributed by atoms with Gasteiger partial charge < -0.3 is 19.2 Å². The molecule has 0 spiro atoms. The Morgan fingerprint density at radius 1 is 1.09 bits per heavy atom. The highest BCUT2D eigenvalue weighted by Gasteiger charge is 2.21. The van der Waals surface area contributed by atoms with E-state index in [0.717, 1.165) is 26.9 Å². The molecule has 0 radical (unpaired) electrons. The second kappa shape index (κ2) is 6.22. The molecule has 0 atom stereocenters. The summed E-state index contributed by atoms with van der Waals surface area (Å²) < 4.78 is 18.0. The minimum Gasteiger partial charge on any atom is -0.485 e. The second-order valence-corrected chi connectivity index (χ2v) is 6.13. The molecule has 23 heavy (non-hydrogen) atoms.